The maximum atomic E-state index is 12.9. The molecule has 8 heteroatoms. The number of ketones is 1. The molecule has 2 N–H and O–H groups in total. The second-order valence-electron chi connectivity index (χ2n) is 6.77. The van der Waals surface area contributed by atoms with Crippen LogP contribution in [0.2, 0.25) is 5.02 Å². The molecule has 1 heterocycles. The Morgan fingerprint density at radius 3 is 2.43 bits per heavy atom. The summed E-state index contributed by atoms with van der Waals surface area (Å²) < 4.78 is 10.5. The summed E-state index contributed by atoms with van der Waals surface area (Å²) in [6.45, 7) is 2.19. The maximum Gasteiger partial charge on any atom is 0.295 e. The smallest absolute Gasteiger partial charge is 0.295 e. The van der Waals surface area contributed by atoms with Crippen molar-refractivity contribution < 1.29 is 29.3 Å². The third kappa shape index (κ3) is 3.68. The highest BCUT2D eigenvalue weighted by molar-refractivity contribution is 6.46. The number of amides is 1. The van der Waals surface area contributed by atoms with E-state index in [1.165, 1.54) is 43.4 Å². The molecule has 0 aliphatic carbocycles. The van der Waals surface area contributed by atoms with Gasteiger partial charge in [0.15, 0.2) is 0 Å². The number of aliphatic hydroxyl groups excluding tert-OH is 1. The maximum absolute atomic E-state index is 12.9. The minimum absolute atomic E-state index is 0.0142. The second kappa shape index (κ2) is 8.67. The minimum Gasteiger partial charge on any atom is -0.508 e. The van der Waals surface area contributed by atoms with Crippen LogP contribution in [0.4, 0.5) is 0 Å². The van der Waals surface area contributed by atoms with Gasteiger partial charge < -0.3 is 24.6 Å². The molecule has 0 radical (unpaired) electrons. The van der Waals surface area contributed by atoms with Gasteiger partial charge in [-0.2, -0.15) is 0 Å². The number of carbonyl (C=O) groups is 2. The zero-order valence-electron chi connectivity index (χ0n) is 16.8. The van der Waals surface area contributed by atoms with Crippen LogP contribution in [0.3, 0.4) is 0 Å². The van der Waals surface area contributed by atoms with Gasteiger partial charge in [-0.05, 0) is 30.2 Å². The van der Waals surface area contributed by atoms with Crippen LogP contribution in [0.15, 0.2) is 42.0 Å². The van der Waals surface area contributed by atoms with Gasteiger partial charge in [-0.1, -0.05) is 30.7 Å². The summed E-state index contributed by atoms with van der Waals surface area (Å²) in [5.74, 6) is -1.40. The van der Waals surface area contributed by atoms with Crippen LogP contribution in [-0.4, -0.2) is 47.6 Å². The number of halogens is 1. The minimum atomic E-state index is -0.859. The number of likely N-dealkylation sites (tertiary alicyclic amines) is 1. The monoisotopic (exact) mass is 431 g/mol. The fourth-order valence-electron chi connectivity index (χ4n) is 3.58. The zero-order chi connectivity index (χ0) is 22.0. The number of rotatable bonds is 6. The van der Waals surface area contributed by atoms with Gasteiger partial charge in [0, 0.05) is 12.6 Å². The van der Waals surface area contributed by atoms with Crippen molar-refractivity contribution in [3.8, 4) is 17.2 Å². The quantitative estimate of drug-likeness (QED) is 0.409. The van der Waals surface area contributed by atoms with E-state index < -0.39 is 23.5 Å². The Labute approximate surface area is 179 Å². The molecule has 0 spiro atoms. The first kappa shape index (κ1) is 21.5. The van der Waals surface area contributed by atoms with E-state index in [-0.39, 0.29) is 27.7 Å². The molecule has 3 rings (SSSR count). The summed E-state index contributed by atoms with van der Waals surface area (Å²) in [5.41, 5.74) is 0.560. The van der Waals surface area contributed by atoms with Crippen molar-refractivity contribution in [3.05, 3.63) is 58.1 Å². The van der Waals surface area contributed by atoms with Gasteiger partial charge in [0.05, 0.1) is 36.4 Å². The predicted octanol–water partition coefficient (Wildman–Crippen LogP) is 3.89. The normalized spacial score (nSPS) is 18.0. The average molecular weight is 432 g/mol. The molecule has 1 atom stereocenters. The van der Waals surface area contributed by atoms with Crippen LogP contribution in [0.25, 0.3) is 5.76 Å². The summed E-state index contributed by atoms with van der Waals surface area (Å²) in [5, 5.41) is 21.3. The van der Waals surface area contributed by atoms with Gasteiger partial charge >= 0.3 is 0 Å². The van der Waals surface area contributed by atoms with Crippen molar-refractivity contribution in [1.82, 2.24) is 4.90 Å². The lowest BCUT2D eigenvalue weighted by Crippen LogP contribution is -2.30. The summed E-state index contributed by atoms with van der Waals surface area (Å²) in [6, 6.07) is 8.30. The Balaban J connectivity index is 2.27. The number of phenols is 1. The highest BCUT2D eigenvalue weighted by atomic mass is 35.5. The van der Waals surface area contributed by atoms with Crippen LogP contribution in [-0.2, 0) is 9.59 Å². The number of aliphatic hydroxyl groups is 1. The number of Topliss-reactive ketones (excluding diaryl/α,β-unsaturated/α-hetero) is 1. The average Bonchev–Trinajstić information content (AvgIpc) is 2.98. The van der Waals surface area contributed by atoms with E-state index in [2.05, 4.69) is 0 Å². The Kier molecular flexibility index (Phi) is 6.22. The standard InChI is InChI=1S/C22H22ClNO6/c1-4-8-24-19(12-6-5-7-13(25)9-12)18(21(27)22(24)28)20(26)14-10-15(23)17(30-3)11-16(14)29-2/h5-7,9-11,19,25-26H,4,8H2,1-3H3/b20-18+. The lowest BCUT2D eigenvalue weighted by Gasteiger charge is -2.25. The van der Waals surface area contributed by atoms with Crippen LogP contribution in [0, 0.1) is 0 Å². The van der Waals surface area contributed by atoms with Crippen molar-refractivity contribution in [3.63, 3.8) is 0 Å². The number of ether oxygens (including phenoxy) is 2. The van der Waals surface area contributed by atoms with Crippen molar-refractivity contribution >= 4 is 29.1 Å². The van der Waals surface area contributed by atoms with Gasteiger partial charge in [-0.15, -0.1) is 0 Å². The molecular formula is C22H22ClNO6. The van der Waals surface area contributed by atoms with E-state index in [9.17, 15) is 19.8 Å². The molecule has 30 heavy (non-hydrogen) atoms. The number of hydrogen-bond donors (Lipinski definition) is 2. The van der Waals surface area contributed by atoms with E-state index in [4.69, 9.17) is 21.1 Å². The van der Waals surface area contributed by atoms with Crippen molar-refractivity contribution in [2.24, 2.45) is 0 Å². The van der Waals surface area contributed by atoms with Crippen LogP contribution in [0.1, 0.15) is 30.5 Å². The van der Waals surface area contributed by atoms with Gasteiger partial charge in [-0.3, -0.25) is 9.59 Å². The number of hydrogen-bond acceptors (Lipinski definition) is 6. The number of benzene rings is 2. The highest BCUT2D eigenvalue weighted by Crippen LogP contribution is 2.43. The molecule has 2 aromatic rings. The van der Waals surface area contributed by atoms with Crippen LogP contribution >= 0.6 is 11.6 Å². The molecular weight excluding hydrogens is 410 g/mol. The molecule has 1 saturated heterocycles. The van der Waals surface area contributed by atoms with Crippen molar-refractivity contribution in [2.45, 2.75) is 19.4 Å². The fourth-order valence-corrected chi connectivity index (χ4v) is 3.82. The first-order valence-electron chi connectivity index (χ1n) is 9.33. The molecule has 2 aromatic carbocycles. The molecule has 0 aromatic heterocycles. The van der Waals surface area contributed by atoms with Crippen LogP contribution < -0.4 is 9.47 Å². The molecule has 1 amide bonds. The Morgan fingerprint density at radius 1 is 1.13 bits per heavy atom. The fraction of sp³-hybridized carbons (Fsp3) is 0.273. The number of carbonyl (C=O) groups excluding carboxylic acids is 2. The van der Waals surface area contributed by atoms with E-state index in [0.29, 0.717) is 24.3 Å². The summed E-state index contributed by atoms with van der Waals surface area (Å²) in [6.07, 6.45) is 0.611. The molecule has 158 valence electrons. The summed E-state index contributed by atoms with van der Waals surface area (Å²) in [4.78, 5) is 27.0. The summed E-state index contributed by atoms with van der Waals surface area (Å²) in [7, 11) is 2.85. The molecule has 0 saturated carbocycles. The van der Waals surface area contributed by atoms with E-state index >= 15 is 0 Å². The predicted molar refractivity (Wildman–Crippen MR) is 112 cm³/mol. The molecule has 1 aliphatic heterocycles. The first-order chi connectivity index (χ1) is 14.3. The van der Waals surface area contributed by atoms with E-state index in [1.807, 2.05) is 6.92 Å². The molecule has 1 aliphatic rings. The van der Waals surface area contributed by atoms with Crippen molar-refractivity contribution in [1.29, 1.82) is 0 Å². The van der Waals surface area contributed by atoms with Gasteiger partial charge in [-0.25, -0.2) is 0 Å². The number of aromatic hydroxyl groups is 1. The zero-order valence-corrected chi connectivity index (χ0v) is 17.6. The van der Waals surface area contributed by atoms with Crippen molar-refractivity contribution in [2.75, 3.05) is 20.8 Å². The Hall–Kier alpha value is -3.19. The largest absolute Gasteiger partial charge is 0.508 e. The first-order valence-corrected chi connectivity index (χ1v) is 9.71. The lowest BCUT2D eigenvalue weighted by atomic mass is 9.94. The third-order valence-corrected chi connectivity index (χ3v) is 5.21. The Bertz CT molecular complexity index is 1030. The molecule has 1 fully saturated rings. The molecule has 7 nitrogen and oxygen atoms in total. The molecule has 1 unspecified atom stereocenters. The van der Waals surface area contributed by atoms with Gasteiger partial charge in [0.25, 0.3) is 11.7 Å². The number of phenolic OH excluding ortho intramolecular Hbond substituents is 1. The highest BCUT2D eigenvalue weighted by Gasteiger charge is 2.46. The SMILES string of the molecule is CCCN1C(=O)C(=O)/C(=C(/O)c2cc(Cl)c(OC)cc2OC)C1c1cccc(O)c1. The topological polar surface area (TPSA) is 96.3 Å². The molecule has 0 bridgehead atoms. The van der Waals surface area contributed by atoms with Gasteiger partial charge in [0.2, 0.25) is 0 Å². The lowest BCUT2D eigenvalue weighted by molar-refractivity contribution is -0.139. The second-order valence-corrected chi connectivity index (χ2v) is 7.18. The summed E-state index contributed by atoms with van der Waals surface area (Å²) >= 11 is 6.22. The van der Waals surface area contributed by atoms with Crippen LogP contribution in [0.5, 0.6) is 17.2 Å². The van der Waals surface area contributed by atoms with E-state index in [0.717, 1.165) is 0 Å². The van der Waals surface area contributed by atoms with E-state index in [1.54, 1.807) is 12.1 Å². The third-order valence-electron chi connectivity index (χ3n) is 4.92. The number of nitrogens with zero attached hydrogens (tertiary/aromatic N) is 1. The Morgan fingerprint density at radius 2 is 1.83 bits per heavy atom. The van der Waals surface area contributed by atoms with Gasteiger partial charge in [0.1, 0.15) is 23.0 Å². The number of methoxy groups -OCH3 is 2.